The Labute approximate surface area is 107 Å². The van der Waals surface area contributed by atoms with E-state index < -0.39 is 0 Å². The average Bonchev–Trinajstić information content (AvgIpc) is 2.51. The van der Waals surface area contributed by atoms with E-state index in [1.807, 2.05) is 0 Å². The minimum Gasteiger partial charge on any atom is -0.385 e. The molecule has 1 N–H and O–H groups in total. The summed E-state index contributed by atoms with van der Waals surface area (Å²) in [5.41, 5.74) is 0.363. The number of nitrogens with zero attached hydrogens (tertiary/aromatic N) is 1. The van der Waals surface area contributed by atoms with Crippen LogP contribution in [0.5, 0.6) is 0 Å². The fourth-order valence-corrected chi connectivity index (χ4v) is 2.55. The van der Waals surface area contributed by atoms with Crippen LogP contribution in [-0.4, -0.2) is 50.8 Å². The van der Waals surface area contributed by atoms with Crippen LogP contribution in [0.1, 0.15) is 40.0 Å². The molecule has 17 heavy (non-hydrogen) atoms. The lowest BCUT2D eigenvalue weighted by Gasteiger charge is -2.31. The van der Waals surface area contributed by atoms with E-state index in [4.69, 9.17) is 4.74 Å². The van der Waals surface area contributed by atoms with Crippen LogP contribution in [0, 0.1) is 5.41 Å². The third-order valence-corrected chi connectivity index (χ3v) is 3.78. The summed E-state index contributed by atoms with van der Waals surface area (Å²) in [6.45, 7) is 12.6. The summed E-state index contributed by atoms with van der Waals surface area (Å²) in [6.07, 6.45) is 3.68. The molecule has 0 aromatic rings. The molecule has 0 aliphatic carbocycles. The lowest BCUT2D eigenvalue weighted by molar-refractivity contribution is 0.118. The maximum Gasteiger partial charge on any atom is 0.0467 e. The quantitative estimate of drug-likeness (QED) is 0.772. The zero-order valence-corrected chi connectivity index (χ0v) is 12.1. The van der Waals surface area contributed by atoms with Gasteiger partial charge in [0.05, 0.1) is 0 Å². The summed E-state index contributed by atoms with van der Waals surface area (Å²) in [5.74, 6) is 0. The summed E-state index contributed by atoms with van der Waals surface area (Å²) < 4.78 is 5.20. The van der Waals surface area contributed by atoms with Crippen molar-refractivity contribution in [2.24, 2.45) is 5.41 Å². The molecule has 0 saturated carbocycles. The van der Waals surface area contributed by atoms with E-state index >= 15 is 0 Å². The van der Waals surface area contributed by atoms with Gasteiger partial charge in [-0.15, -0.1) is 0 Å². The van der Waals surface area contributed by atoms with Crippen molar-refractivity contribution in [2.45, 2.75) is 46.1 Å². The van der Waals surface area contributed by atoms with Gasteiger partial charge in [0.25, 0.3) is 0 Å². The third-order valence-electron chi connectivity index (χ3n) is 3.78. The molecule has 1 atom stereocenters. The van der Waals surface area contributed by atoms with E-state index in [-0.39, 0.29) is 0 Å². The molecule has 0 radical (unpaired) electrons. The number of rotatable bonds is 6. The molecule has 0 aromatic heterocycles. The van der Waals surface area contributed by atoms with E-state index in [0.29, 0.717) is 5.41 Å². The van der Waals surface area contributed by atoms with Crippen molar-refractivity contribution < 1.29 is 4.74 Å². The van der Waals surface area contributed by atoms with Gasteiger partial charge in [-0.05, 0) is 31.2 Å². The van der Waals surface area contributed by atoms with Gasteiger partial charge in [-0.2, -0.15) is 0 Å². The van der Waals surface area contributed by atoms with Crippen LogP contribution in [0.3, 0.4) is 0 Å². The molecule has 1 rings (SSSR count). The average molecular weight is 242 g/mol. The van der Waals surface area contributed by atoms with Crippen molar-refractivity contribution in [1.29, 1.82) is 0 Å². The maximum absolute atomic E-state index is 5.20. The first-order chi connectivity index (χ1) is 8.07. The van der Waals surface area contributed by atoms with Crippen LogP contribution in [0.15, 0.2) is 0 Å². The predicted octanol–water partition coefficient (Wildman–Crippen LogP) is 2.12. The Kier molecular flexibility index (Phi) is 6.45. The van der Waals surface area contributed by atoms with Gasteiger partial charge in [0.2, 0.25) is 0 Å². The second-order valence-electron chi connectivity index (χ2n) is 6.03. The molecule has 0 bridgehead atoms. The fraction of sp³-hybridized carbons (Fsp3) is 1.00. The molecule has 0 spiro atoms. The second-order valence-corrected chi connectivity index (χ2v) is 6.03. The minimum absolute atomic E-state index is 0.363. The highest BCUT2D eigenvalue weighted by Crippen LogP contribution is 2.22. The molecule has 1 aliphatic heterocycles. The molecule has 0 amide bonds. The van der Waals surface area contributed by atoms with Crippen molar-refractivity contribution >= 4 is 0 Å². The van der Waals surface area contributed by atoms with Crippen LogP contribution in [0.25, 0.3) is 0 Å². The summed E-state index contributed by atoms with van der Waals surface area (Å²) in [7, 11) is 1.79. The number of ether oxygens (including phenoxy) is 1. The molecule has 3 nitrogen and oxygen atoms in total. The fourth-order valence-electron chi connectivity index (χ4n) is 2.55. The minimum atomic E-state index is 0.363. The molecule has 1 aliphatic rings. The first-order valence-corrected chi connectivity index (χ1v) is 7.02. The van der Waals surface area contributed by atoms with E-state index in [0.717, 1.165) is 25.6 Å². The smallest absolute Gasteiger partial charge is 0.0467 e. The lowest BCUT2D eigenvalue weighted by atomic mass is 9.89. The van der Waals surface area contributed by atoms with Gasteiger partial charge in [-0.3, -0.25) is 0 Å². The van der Waals surface area contributed by atoms with Crippen LogP contribution < -0.4 is 5.32 Å². The van der Waals surface area contributed by atoms with Crippen molar-refractivity contribution in [3.8, 4) is 0 Å². The number of hydrogen-bond donors (Lipinski definition) is 1. The molecular formula is C14H30N2O. The lowest BCUT2D eigenvalue weighted by Crippen LogP contribution is -2.37. The third kappa shape index (κ3) is 5.84. The van der Waals surface area contributed by atoms with Gasteiger partial charge in [-0.1, -0.05) is 20.8 Å². The van der Waals surface area contributed by atoms with Crippen LogP contribution >= 0.6 is 0 Å². The zero-order valence-electron chi connectivity index (χ0n) is 12.1. The predicted molar refractivity (Wildman–Crippen MR) is 73.4 cm³/mol. The Morgan fingerprint density at radius 2 is 2.12 bits per heavy atom. The van der Waals surface area contributed by atoms with Crippen LogP contribution in [0.4, 0.5) is 0 Å². The summed E-state index contributed by atoms with van der Waals surface area (Å²) >= 11 is 0. The monoisotopic (exact) mass is 242 g/mol. The van der Waals surface area contributed by atoms with Crippen LogP contribution in [0.2, 0.25) is 0 Å². The van der Waals surface area contributed by atoms with Gasteiger partial charge >= 0.3 is 0 Å². The highest BCUT2D eigenvalue weighted by atomic mass is 16.5. The number of nitrogens with one attached hydrogen (secondary N) is 1. The summed E-state index contributed by atoms with van der Waals surface area (Å²) in [5, 5.41) is 3.62. The Bertz CT molecular complexity index is 206. The molecule has 1 saturated heterocycles. The Morgan fingerprint density at radius 3 is 2.76 bits per heavy atom. The van der Waals surface area contributed by atoms with Crippen molar-refractivity contribution in [3.63, 3.8) is 0 Å². The molecular weight excluding hydrogens is 212 g/mol. The van der Waals surface area contributed by atoms with Gasteiger partial charge in [0, 0.05) is 39.4 Å². The SMILES string of the molecule is CCC1CCN(CC(C)(C)CCOC)CCN1. The highest BCUT2D eigenvalue weighted by Gasteiger charge is 2.23. The van der Waals surface area contributed by atoms with Gasteiger partial charge < -0.3 is 15.0 Å². The van der Waals surface area contributed by atoms with E-state index in [2.05, 4.69) is 31.0 Å². The largest absolute Gasteiger partial charge is 0.385 e. The normalized spacial score (nSPS) is 23.6. The van der Waals surface area contributed by atoms with Gasteiger partial charge in [0.15, 0.2) is 0 Å². The topological polar surface area (TPSA) is 24.5 Å². The van der Waals surface area contributed by atoms with E-state index in [1.165, 1.54) is 32.5 Å². The molecule has 3 heteroatoms. The maximum atomic E-state index is 5.20. The van der Waals surface area contributed by atoms with Crippen molar-refractivity contribution in [1.82, 2.24) is 10.2 Å². The Morgan fingerprint density at radius 1 is 1.35 bits per heavy atom. The standard InChI is InChI=1S/C14H30N2O/c1-5-13-6-9-16(10-8-15-13)12-14(2,3)7-11-17-4/h13,15H,5-12H2,1-4H3. The van der Waals surface area contributed by atoms with E-state index in [9.17, 15) is 0 Å². The number of methoxy groups -OCH3 is 1. The summed E-state index contributed by atoms with van der Waals surface area (Å²) in [4.78, 5) is 2.61. The first-order valence-electron chi connectivity index (χ1n) is 7.02. The van der Waals surface area contributed by atoms with Crippen LogP contribution in [-0.2, 0) is 4.74 Å². The second kappa shape index (κ2) is 7.34. The molecule has 1 unspecified atom stereocenters. The summed E-state index contributed by atoms with van der Waals surface area (Å²) in [6, 6.07) is 0.724. The first kappa shape index (κ1) is 14.9. The molecule has 1 fully saturated rings. The van der Waals surface area contributed by atoms with Gasteiger partial charge in [-0.25, -0.2) is 0 Å². The molecule has 1 heterocycles. The highest BCUT2D eigenvalue weighted by molar-refractivity contribution is 4.79. The van der Waals surface area contributed by atoms with Crippen molar-refractivity contribution in [3.05, 3.63) is 0 Å². The van der Waals surface area contributed by atoms with E-state index in [1.54, 1.807) is 7.11 Å². The molecule has 0 aromatic carbocycles. The van der Waals surface area contributed by atoms with Gasteiger partial charge in [0.1, 0.15) is 0 Å². The van der Waals surface area contributed by atoms with Crippen molar-refractivity contribution in [2.75, 3.05) is 39.9 Å². The zero-order chi connectivity index (χ0) is 12.7. The Hall–Kier alpha value is -0.120. The number of hydrogen-bond acceptors (Lipinski definition) is 3. The molecule has 102 valence electrons. The Balaban J connectivity index is 2.35.